The highest BCUT2D eigenvalue weighted by molar-refractivity contribution is 7.13. The molecule has 15 rings (SSSR count). The molecule has 15 aromatic rings. The maximum absolute atomic E-state index is 6.64. The highest BCUT2D eigenvalue weighted by Gasteiger charge is 2.25. The van der Waals surface area contributed by atoms with Crippen molar-refractivity contribution in [1.82, 2.24) is 54.8 Å². The van der Waals surface area contributed by atoms with Crippen molar-refractivity contribution in [3.8, 4) is 114 Å². The summed E-state index contributed by atoms with van der Waals surface area (Å²) in [5, 5.41) is 18.9. The van der Waals surface area contributed by atoms with Crippen molar-refractivity contribution >= 4 is 147 Å². The summed E-state index contributed by atoms with van der Waals surface area (Å²) in [6.07, 6.45) is 8.44. The Morgan fingerprint density at radius 1 is 0.338 bits per heavy atom. The van der Waals surface area contributed by atoms with E-state index >= 15 is 0 Å². The number of methoxy groups -OCH3 is 3. The van der Waals surface area contributed by atoms with E-state index in [4.69, 9.17) is 139 Å². The quantitative estimate of drug-likeness (QED) is 0.0423. The monoisotopic (exact) mass is 1900 g/mol. The Hall–Kier alpha value is -11.0. The van der Waals surface area contributed by atoms with Crippen LogP contribution in [0.5, 0.6) is 57.5 Å². The first-order valence-electron chi connectivity index (χ1n) is 43.1. The molecule has 0 fully saturated rings. The second-order valence-electron chi connectivity index (χ2n) is 32.7. The molecule has 688 valence electrons. The summed E-state index contributed by atoms with van der Waals surface area (Å²) >= 11 is 35.9. The topological polar surface area (TPSA) is 284 Å². The van der Waals surface area contributed by atoms with Crippen molar-refractivity contribution in [2.75, 3.05) is 45.2 Å². The Balaban J connectivity index is 0.000000157. The molecular weight excluding hydrogens is 1790 g/mol. The molecule has 0 amide bonds. The van der Waals surface area contributed by atoms with E-state index in [1.807, 2.05) is 201 Å². The van der Waals surface area contributed by atoms with Crippen LogP contribution in [0.1, 0.15) is 180 Å². The fourth-order valence-corrected chi connectivity index (χ4v) is 16.0. The number of pyridine rings is 5. The zero-order valence-electron chi connectivity index (χ0n) is 77.7. The molecule has 2 N–H and O–H groups in total. The predicted octanol–water partition coefficient (Wildman–Crippen LogP) is 28.2. The van der Waals surface area contributed by atoms with Gasteiger partial charge in [0.1, 0.15) is 129 Å². The lowest BCUT2D eigenvalue weighted by molar-refractivity contribution is 0.245. The average Bonchev–Trinajstić information content (AvgIpc) is 1.08. The minimum absolute atomic E-state index is 0.00345. The summed E-state index contributed by atoms with van der Waals surface area (Å²) in [6, 6.07) is 29.6. The summed E-state index contributed by atoms with van der Waals surface area (Å²) < 4.78 is 68.5. The first kappa shape index (κ1) is 99.5. The molecule has 25 nitrogen and oxygen atoms in total. The largest absolute Gasteiger partial charge is 0.495 e. The molecule has 0 aliphatic carbocycles. The van der Waals surface area contributed by atoms with Crippen LogP contribution in [-0.4, -0.2) is 132 Å². The highest BCUT2D eigenvalue weighted by atomic mass is 35.5. The molecular formula is C98H112Cl5N13O12S2. The molecule has 0 atom stereocenters. The number of oxazole rings is 2. The van der Waals surface area contributed by atoms with Crippen LogP contribution in [0.3, 0.4) is 0 Å². The van der Waals surface area contributed by atoms with Gasteiger partial charge in [-0.15, -0.1) is 22.7 Å². The molecule has 0 aliphatic heterocycles. The first-order chi connectivity index (χ1) is 62.1. The number of hydrogen-bond acceptors (Lipinski definition) is 27. The average molecular weight is 1910 g/mol. The number of thiazole rings is 2. The van der Waals surface area contributed by atoms with E-state index in [1.54, 1.807) is 75.0 Å². The van der Waals surface area contributed by atoms with Crippen LogP contribution in [0.25, 0.3) is 111 Å². The summed E-state index contributed by atoms with van der Waals surface area (Å²) in [6.45, 7) is 43.7. The van der Waals surface area contributed by atoms with Gasteiger partial charge >= 0.3 is 0 Å². The number of hydrogen-bond donors (Lipinski definition) is 2. The van der Waals surface area contributed by atoms with Gasteiger partial charge in [0.2, 0.25) is 0 Å². The van der Waals surface area contributed by atoms with E-state index in [2.05, 4.69) is 80.5 Å². The van der Waals surface area contributed by atoms with Crippen molar-refractivity contribution in [2.45, 2.75) is 213 Å². The number of halogens is 5. The number of anilines is 2. The second kappa shape index (κ2) is 45.7. The number of ether oxygens (including phenoxy) is 10. The van der Waals surface area contributed by atoms with Gasteiger partial charge in [-0.2, -0.15) is 9.97 Å². The SMILES string of the molecule is CCCOc1ccc2c(OC(C)C)cc(-c3coc(NC(C)C)n3)nc2c1Cl.CCCOc1ccc2c(OC(C)C)cc(-c3nc(C(C)C)cs3)nc2c1Cl.COc1ccc2c(OC(C)C)cc(-c3cncc(C)n3)nc2c1Cl.COc1ccc2c(OC(C)C)cc(-c3coc(NC(C)C)n3)nc2c1Cl.COc1ccc2c(OC(C)C)cc(-c3csc(C(C)C)n3)nc2c1Cl. The number of nitrogens with zero attached hydrogens (tertiary/aromatic N) is 11. The zero-order valence-corrected chi connectivity index (χ0v) is 83.1. The molecule has 10 aromatic heterocycles. The lowest BCUT2D eigenvalue weighted by atomic mass is 10.1. The molecule has 0 unspecified atom stereocenters. The Morgan fingerprint density at radius 3 is 0.977 bits per heavy atom. The van der Waals surface area contributed by atoms with Gasteiger partial charge in [0.05, 0.1) is 138 Å². The molecule has 5 aromatic carbocycles. The van der Waals surface area contributed by atoms with Crippen LogP contribution in [0.15, 0.2) is 136 Å². The smallest absolute Gasteiger partial charge is 0.295 e. The normalized spacial score (nSPS) is 11.4. The van der Waals surface area contributed by atoms with Crippen molar-refractivity contribution in [2.24, 2.45) is 0 Å². The number of nitrogens with one attached hydrogen (secondary N) is 2. The Bertz CT molecular complexity index is 6380. The van der Waals surface area contributed by atoms with Gasteiger partial charge in [-0.05, 0) is 183 Å². The molecule has 0 aliphatic rings. The van der Waals surface area contributed by atoms with Gasteiger partial charge in [0.25, 0.3) is 12.0 Å². The Labute approximate surface area is 792 Å². The van der Waals surface area contributed by atoms with Crippen LogP contribution >= 0.6 is 80.7 Å². The molecule has 130 heavy (non-hydrogen) atoms. The van der Waals surface area contributed by atoms with Crippen LogP contribution in [-0.2, 0) is 0 Å². The molecule has 0 radical (unpaired) electrons. The van der Waals surface area contributed by atoms with Crippen LogP contribution in [0.4, 0.5) is 12.0 Å². The highest BCUT2D eigenvalue weighted by Crippen LogP contribution is 2.46. The van der Waals surface area contributed by atoms with Gasteiger partial charge in [0.15, 0.2) is 0 Å². The molecule has 0 bridgehead atoms. The van der Waals surface area contributed by atoms with Crippen LogP contribution < -0.4 is 58.0 Å². The Morgan fingerprint density at radius 2 is 0.669 bits per heavy atom. The number of aryl methyl sites for hydroxylation is 1. The van der Waals surface area contributed by atoms with E-state index in [1.165, 1.54) is 0 Å². The van der Waals surface area contributed by atoms with E-state index in [9.17, 15) is 0 Å². The van der Waals surface area contributed by atoms with Gasteiger partial charge in [0, 0.05) is 92.2 Å². The Kier molecular flexibility index (Phi) is 35.0. The van der Waals surface area contributed by atoms with Crippen molar-refractivity contribution in [3.63, 3.8) is 0 Å². The summed E-state index contributed by atoms with van der Waals surface area (Å²) in [5.74, 6) is 7.33. The van der Waals surface area contributed by atoms with Gasteiger partial charge in [-0.1, -0.05) is 99.5 Å². The molecule has 32 heteroatoms. The summed E-state index contributed by atoms with van der Waals surface area (Å²) in [7, 11) is 4.75. The van der Waals surface area contributed by atoms with Gasteiger partial charge in [-0.3, -0.25) is 4.98 Å². The van der Waals surface area contributed by atoms with E-state index in [0.29, 0.717) is 170 Å². The van der Waals surface area contributed by atoms with Gasteiger partial charge in [-0.25, -0.2) is 39.9 Å². The number of fused-ring (bicyclic) bond motifs is 5. The number of aromatic nitrogens is 11. The van der Waals surface area contributed by atoms with Crippen LogP contribution in [0.2, 0.25) is 25.1 Å². The van der Waals surface area contributed by atoms with Crippen LogP contribution in [0, 0.1) is 6.92 Å². The standard InChI is InChI=1S/C21H26ClN3O3.C21H25ClN2O2S.C19H22ClN3O3.C19H21ClN2O2S.C18H18ClN3O2/c1-6-9-26-17-8-7-14-18(28-13(4)5)10-15(24-20(14)19(17)22)16-11-27-21(25-16)23-12(2)3;1-6-9-25-17-8-7-14-18(26-13(4)5)10-15(23-20(14)19(17)22)21-24-16(11-27-21)12(2)3;1-10(2)21-19-23-14(9-25-19)13-8-16(26-11(3)4)12-6-7-15(24-5)17(20)18(12)22-13;1-10(2)19-22-14(9-25-19)13-8-16(24-11(3)4)12-6-7-15(23-5)17(20)18(12)21-13;1-10(2)24-16-7-13(14-9-20-8-11(3)21-14)22-18-12(16)5-6-15(23-4)17(18)19/h7-8,10-13H,6,9H2,1-5H3,(H,23,25);7-8,10-13H,6,9H2,1-5H3;6-11H,1-5H3,(H,21,23);6-11H,1-5H3;5-10H,1-4H3. The third-order valence-corrected chi connectivity index (χ3v) is 22.5. The molecule has 0 spiro atoms. The molecule has 10 heterocycles. The lowest BCUT2D eigenvalue weighted by Gasteiger charge is -2.15. The fraction of sp³-hybridized carbons (Fsp3) is 0.378. The summed E-state index contributed by atoms with van der Waals surface area (Å²) in [5.41, 5.74) is 11.2. The summed E-state index contributed by atoms with van der Waals surface area (Å²) in [4.78, 5) is 50.7. The van der Waals surface area contributed by atoms with Crippen molar-refractivity contribution in [1.29, 1.82) is 0 Å². The molecule has 0 saturated heterocycles. The van der Waals surface area contributed by atoms with Crippen molar-refractivity contribution in [3.05, 3.63) is 168 Å². The van der Waals surface area contributed by atoms with E-state index < -0.39 is 0 Å². The maximum atomic E-state index is 6.64. The maximum Gasteiger partial charge on any atom is 0.295 e. The van der Waals surface area contributed by atoms with E-state index in [0.717, 1.165) is 89.8 Å². The third-order valence-electron chi connectivity index (χ3n) is 18.6. The second-order valence-corrected chi connectivity index (χ2v) is 36.4. The fourth-order valence-electron chi connectivity index (χ4n) is 12.9. The van der Waals surface area contributed by atoms with Gasteiger partial charge < -0.3 is 66.8 Å². The first-order valence-corrected chi connectivity index (χ1v) is 46.7. The lowest BCUT2D eigenvalue weighted by Crippen LogP contribution is -2.09. The van der Waals surface area contributed by atoms with Crippen molar-refractivity contribution < 1.29 is 56.2 Å². The molecule has 0 saturated carbocycles. The minimum Gasteiger partial charge on any atom is -0.495 e. The van der Waals surface area contributed by atoms with E-state index in [-0.39, 0.29) is 42.6 Å². The predicted molar refractivity (Wildman–Crippen MR) is 528 cm³/mol. The minimum atomic E-state index is 0.00345. The third kappa shape index (κ3) is 25.2. The zero-order chi connectivity index (χ0) is 94.1. The number of benzene rings is 5. The number of rotatable bonds is 30.